The van der Waals surface area contributed by atoms with Crippen LogP contribution in [-0.4, -0.2) is 34.0 Å². The SMILES string of the molecule is Cc1noc(C2CCN(C(=O)c3cccc(C(F)F)c3)CC2)n1. The minimum Gasteiger partial charge on any atom is -0.339 e. The van der Waals surface area contributed by atoms with Crippen LogP contribution in [0.4, 0.5) is 8.78 Å². The molecule has 3 rings (SSSR count). The van der Waals surface area contributed by atoms with E-state index in [0.29, 0.717) is 30.4 Å². The summed E-state index contributed by atoms with van der Waals surface area (Å²) in [5.41, 5.74) is 0.168. The van der Waals surface area contributed by atoms with Crippen LogP contribution in [0.5, 0.6) is 0 Å². The number of benzene rings is 1. The zero-order chi connectivity index (χ0) is 16.4. The highest BCUT2D eigenvalue weighted by molar-refractivity contribution is 5.94. The predicted octanol–water partition coefficient (Wildman–Crippen LogP) is 3.34. The molecule has 0 spiro atoms. The lowest BCUT2D eigenvalue weighted by Gasteiger charge is -2.30. The first kappa shape index (κ1) is 15.6. The van der Waals surface area contributed by atoms with Crippen molar-refractivity contribution in [2.24, 2.45) is 0 Å². The monoisotopic (exact) mass is 321 g/mol. The van der Waals surface area contributed by atoms with E-state index in [9.17, 15) is 13.6 Å². The van der Waals surface area contributed by atoms with E-state index in [1.165, 1.54) is 18.2 Å². The maximum Gasteiger partial charge on any atom is 0.263 e. The van der Waals surface area contributed by atoms with Crippen molar-refractivity contribution in [3.05, 3.63) is 47.1 Å². The van der Waals surface area contributed by atoms with Crippen LogP contribution in [0.3, 0.4) is 0 Å². The van der Waals surface area contributed by atoms with Crippen molar-refractivity contribution in [3.8, 4) is 0 Å². The first-order chi connectivity index (χ1) is 11.0. The Morgan fingerprint density at radius 1 is 1.35 bits per heavy atom. The van der Waals surface area contributed by atoms with E-state index in [2.05, 4.69) is 10.1 Å². The minimum atomic E-state index is -2.57. The highest BCUT2D eigenvalue weighted by Crippen LogP contribution is 2.28. The van der Waals surface area contributed by atoms with Crippen LogP contribution in [0.1, 0.15) is 52.8 Å². The molecule has 23 heavy (non-hydrogen) atoms. The second kappa shape index (κ2) is 6.44. The van der Waals surface area contributed by atoms with Gasteiger partial charge >= 0.3 is 0 Å². The molecule has 0 unspecified atom stereocenters. The summed E-state index contributed by atoms with van der Waals surface area (Å²) in [4.78, 5) is 18.4. The third-order valence-electron chi connectivity index (χ3n) is 4.06. The molecule has 1 amide bonds. The number of halogens is 2. The molecule has 5 nitrogen and oxygen atoms in total. The number of aryl methyl sites for hydroxylation is 1. The van der Waals surface area contributed by atoms with Crippen LogP contribution < -0.4 is 0 Å². The lowest BCUT2D eigenvalue weighted by atomic mass is 9.96. The van der Waals surface area contributed by atoms with Gasteiger partial charge in [-0.3, -0.25) is 4.79 Å². The molecular weight excluding hydrogens is 304 g/mol. The first-order valence-electron chi connectivity index (χ1n) is 7.52. The van der Waals surface area contributed by atoms with Crippen LogP contribution >= 0.6 is 0 Å². The highest BCUT2D eigenvalue weighted by atomic mass is 19.3. The number of likely N-dealkylation sites (tertiary alicyclic amines) is 1. The number of hydrogen-bond donors (Lipinski definition) is 0. The molecule has 0 N–H and O–H groups in total. The molecule has 7 heteroatoms. The highest BCUT2D eigenvalue weighted by Gasteiger charge is 2.28. The molecule has 1 aliphatic heterocycles. The fraction of sp³-hybridized carbons (Fsp3) is 0.438. The molecule has 1 aromatic carbocycles. The fourth-order valence-corrected chi connectivity index (χ4v) is 2.80. The smallest absolute Gasteiger partial charge is 0.263 e. The van der Waals surface area contributed by atoms with Gasteiger partial charge < -0.3 is 9.42 Å². The van der Waals surface area contributed by atoms with Crippen molar-refractivity contribution in [1.82, 2.24) is 15.0 Å². The van der Waals surface area contributed by atoms with Crippen LogP contribution in [0.2, 0.25) is 0 Å². The molecule has 0 bridgehead atoms. The van der Waals surface area contributed by atoms with Crippen LogP contribution in [-0.2, 0) is 0 Å². The quantitative estimate of drug-likeness (QED) is 0.870. The molecule has 1 aromatic heterocycles. The molecule has 1 aliphatic rings. The molecule has 0 aliphatic carbocycles. The fourth-order valence-electron chi connectivity index (χ4n) is 2.80. The van der Waals surface area contributed by atoms with Gasteiger partial charge in [0.2, 0.25) is 5.89 Å². The van der Waals surface area contributed by atoms with Gasteiger partial charge in [-0.25, -0.2) is 8.78 Å². The van der Waals surface area contributed by atoms with Gasteiger partial charge in [0, 0.05) is 30.1 Å². The van der Waals surface area contributed by atoms with Crippen molar-refractivity contribution in [3.63, 3.8) is 0 Å². The average molecular weight is 321 g/mol. The number of rotatable bonds is 3. The Bertz CT molecular complexity index is 694. The van der Waals surface area contributed by atoms with Gasteiger partial charge in [0.25, 0.3) is 12.3 Å². The van der Waals surface area contributed by atoms with Crippen molar-refractivity contribution >= 4 is 5.91 Å². The van der Waals surface area contributed by atoms with Gasteiger partial charge in [0.05, 0.1) is 0 Å². The van der Waals surface area contributed by atoms with Gasteiger partial charge in [0.15, 0.2) is 5.82 Å². The maximum atomic E-state index is 12.7. The molecule has 1 fully saturated rings. The summed E-state index contributed by atoms with van der Waals surface area (Å²) in [5.74, 6) is 1.14. The zero-order valence-electron chi connectivity index (χ0n) is 12.7. The Morgan fingerprint density at radius 2 is 2.09 bits per heavy atom. The standard InChI is InChI=1S/C16H17F2N3O2/c1-10-19-15(23-20-10)11-5-7-21(8-6-11)16(22)13-4-2-3-12(9-13)14(17)18/h2-4,9,11,14H,5-8H2,1H3. The Morgan fingerprint density at radius 3 is 2.70 bits per heavy atom. The molecule has 2 aromatic rings. The number of hydrogen-bond acceptors (Lipinski definition) is 4. The summed E-state index contributed by atoms with van der Waals surface area (Å²) in [6.45, 7) is 2.86. The van der Waals surface area contributed by atoms with E-state index in [4.69, 9.17) is 4.52 Å². The van der Waals surface area contributed by atoms with Crippen LogP contribution in [0.25, 0.3) is 0 Å². The van der Waals surface area contributed by atoms with E-state index in [1.54, 1.807) is 17.9 Å². The van der Waals surface area contributed by atoms with Crippen molar-refractivity contribution in [1.29, 1.82) is 0 Å². The van der Waals surface area contributed by atoms with E-state index >= 15 is 0 Å². The number of amides is 1. The Hall–Kier alpha value is -2.31. The molecule has 0 radical (unpaired) electrons. The maximum absolute atomic E-state index is 12.7. The summed E-state index contributed by atoms with van der Waals surface area (Å²) >= 11 is 0. The van der Waals surface area contributed by atoms with Gasteiger partial charge in [-0.2, -0.15) is 4.98 Å². The van der Waals surface area contributed by atoms with E-state index in [1.807, 2.05) is 0 Å². The summed E-state index contributed by atoms with van der Waals surface area (Å²) in [6.07, 6.45) is -1.13. The van der Waals surface area contributed by atoms with Gasteiger partial charge in [-0.1, -0.05) is 17.3 Å². The normalized spacial score (nSPS) is 16.1. The topological polar surface area (TPSA) is 59.2 Å². The number of carbonyl (C=O) groups excluding carboxylic acids is 1. The molecular formula is C16H17F2N3O2. The third-order valence-corrected chi connectivity index (χ3v) is 4.06. The van der Waals surface area contributed by atoms with Crippen LogP contribution in [0.15, 0.2) is 28.8 Å². The second-order valence-corrected chi connectivity index (χ2v) is 5.67. The summed E-state index contributed by atoms with van der Waals surface area (Å²) in [6, 6.07) is 5.65. The number of aromatic nitrogens is 2. The van der Waals surface area contributed by atoms with Gasteiger partial charge in [0.1, 0.15) is 0 Å². The lowest BCUT2D eigenvalue weighted by Crippen LogP contribution is -2.38. The number of nitrogens with zero attached hydrogens (tertiary/aromatic N) is 3. The second-order valence-electron chi connectivity index (χ2n) is 5.67. The van der Waals surface area contributed by atoms with Gasteiger partial charge in [-0.15, -0.1) is 0 Å². The molecule has 0 saturated carbocycles. The van der Waals surface area contributed by atoms with Crippen LogP contribution in [0, 0.1) is 6.92 Å². The number of piperidine rings is 1. The lowest BCUT2D eigenvalue weighted by molar-refractivity contribution is 0.0704. The number of carbonyl (C=O) groups is 1. The van der Waals surface area contributed by atoms with Crippen molar-refractivity contribution in [2.75, 3.05) is 13.1 Å². The molecule has 2 heterocycles. The molecule has 122 valence electrons. The van der Waals surface area contributed by atoms with E-state index < -0.39 is 6.43 Å². The molecule has 0 atom stereocenters. The zero-order valence-corrected chi connectivity index (χ0v) is 12.7. The Balaban J connectivity index is 1.65. The Kier molecular flexibility index (Phi) is 4.36. The van der Waals surface area contributed by atoms with Crippen molar-refractivity contribution in [2.45, 2.75) is 32.1 Å². The molecule has 1 saturated heterocycles. The first-order valence-corrected chi connectivity index (χ1v) is 7.52. The van der Waals surface area contributed by atoms with Gasteiger partial charge in [-0.05, 0) is 31.9 Å². The summed E-state index contributed by atoms with van der Waals surface area (Å²) in [5, 5.41) is 3.78. The third kappa shape index (κ3) is 3.38. The summed E-state index contributed by atoms with van der Waals surface area (Å²) in [7, 11) is 0. The minimum absolute atomic E-state index is 0.132. The average Bonchev–Trinajstić information content (AvgIpc) is 3.01. The van der Waals surface area contributed by atoms with E-state index in [0.717, 1.165) is 12.8 Å². The van der Waals surface area contributed by atoms with Crippen molar-refractivity contribution < 1.29 is 18.1 Å². The number of alkyl halides is 2. The summed E-state index contributed by atoms with van der Waals surface area (Å²) < 4.78 is 30.7. The largest absolute Gasteiger partial charge is 0.339 e. The predicted molar refractivity (Wildman–Crippen MR) is 78.3 cm³/mol. The Labute approximate surface area is 132 Å². The van der Waals surface area contributed by atoms with E-state index in [-0.39, 0.29) is 17.4 Å².